The first-order valence-electron chi connectivity index (χ1n) is 7.95. The summed E-state index contributed by atoms with van der Waals surface area (Å²) in [6.45, 7) is 1.80. The molecular formula is C18H23N3O3S. The molecule has 134 valence electrons. The van der Waals surface area contributed by atoms with Crippen molar-refractivity contribution in [2.75, 3.05) is 12.3 Å². The number of hydrogen-bond acceptors (Lipinski definition) is 4. The highest BCUT2D eigenvalue weighted by Crippen LogP contribution is 2.17. The van der Waals surface area contributed by atoms with Crippen LogP contribution in [0.3, 0.4) is 0 Å². The Morgan fingerprint density at radius 3 is 2.20 bits per heavy atom. The molecule has 0 aromatic heterocycles. The molecule has 0 aliphatic carbocycles. The number of nitrogens with one attached hydrogen (secondary N) is 2. The van der Waals surface area contributed by atoms with E-state index in [0.717, 1.165) is 5.56 Å². The Labute approximate surface area is 148 Å². The summed E-state index contributed by atoms with van der Waals surface area (Å²) in [7, 11) is -3.49. The molecule has 1 unspecified atom stereocenters. The summed E-state index contributed by atoms with van der Waals surface area (Å²) in [5.74, 6) is -0.631. The molecule has 0 spiro atoms. The second-order valence-electron chi connectivity index (χ2n) is 5.95. The maximum atomic E-state index is 12.3. The number of amides is 1. The molecule has 2 aromatic rings. The Kier molecular flexibility index (Phi) is 6.30. The Bertz CT molecular complexity index is 791. The Hall–Kier alpha value is -2.22. The van der Waals surface area contributed by atoms with Gasteiger partial charge in [-0.2, -0.15) is 0 Å². The van der Waals surface area contributed by atoms with E-state index in [2.05, 4.69) is 10.0 Å². The molecule has 1 amide bonds. The lowest BCUT2D eigenvalue weighted by atomic mass is 9.92. The van der Waals surface area contributed by atoms with Crippen LogP contribution in [0.5, 0.6) is 0 Å². The number of hydrogen-bond donors (Lipinski definition) is 3. The minimum Gasteiger partial charge on any atom is -0.353 e. The third kappa shape index (κ3) is 5.67. The van der Waals surface area contributed by atoms with Gasteiger partial charge in [0.25, 0.3) is 0 Å². The number of nitrogens with two attached hydrogens (primary N) is 1. The highest BCUT2D eigenvalue weighted by Gasteiger charge is 2.30. The van der Waals surface area contributed by atoms with E-state index in [9.17, 15) is 13.2 Å². The van der Waals surface area contributed by atoms with Crippen LogP contribution in [-0.2, 0) is 26.9 Å². The summed E-state index contributed by atoms with van der Waals surface area (Å²) in [4.78, 5) is 12.3. The second kappa shape index (κ2) is 8.24. The number of carbonyl (C=O) groups is 1. The monoisotopic (exact) mass is 361 g/mol. The highest BCUT2D eigenvalue weighted by molar-refractivity contribution is 7.89. The van der Waals surface area contributed by atoms with Crippen molar-refractivity contribution in [1.82, 2.24) is 10.0 Å². The van der Waals surface area contributed by atoms with E-state index in [1.807, 2.05) is 36.4 Å². The Morgan fingerprint density at radius 1 is 1.04 bits per heavy atom. The maximum Gasteiger partial charge on any atom is 0.244 e. The fourth-order valence-corrected chi connectivity index (χ4v) is 3.16. The number of sulfonamides is 1. The van der Waals surface area contributed by atoms with Crippen LogP contribution in [0.1, 0.15) is 18.1 Å². The average Bonchev–Trinajstić information content (AvgIpc) is 2.61. The summed E-state index contributed by atoms with van der Waals surface area (Å²) in [6, 6.07) is 18.2. The number of rotatable bonds is 8. The largest absolute Gasteiger partial charge is 0.353 e. The molecule has 4 N–H and O–H groups in total. The summed E-state index contributed by atoms with van der Waals surface area (Å²) in [5, 5.41) is 2.59. The van der Waals surface area contributed by atoms with Crippen LogP contribution in [0.25, 0.3) is 0 Å². The van der Waals surface area contributed by atoms with Crippen molar-refractivity contribution in [3.05, 3.63) is 71.8 Å². The molecule has 1 atom stereocenters. The highest BCUT2D eigenvalue weighted by atomic mass is 32.2. The molecule has 7 heteroatoms. The minimum atomic E-state index is -3.49. The van der Waals surface area contributed by atoms with Crippen molar-refractivity contribution in [1.29, 1.82) is 0 Å². The van der Waals surface area contributed by atoms with E-state index >= 15 is 0 Å². The Balaban J connectivity index is 1.83. The van der Waals surface area contributed by atoms with Gasteiger partial charge in [0, 0.05) is 13.1 Å². The van der Waals surface area contributed by atoms with Gasteiger partial charge < -0.3 is 11.1 Å². The van der Waals surface area contributed by atoms with Crippen LogP contribution >= 0.6 is 0 Å². The first-order valence-corrected chi connectivity index (χ1v) is 9.60. The van der Waals surface area contributed by atoms with Crippen molar-refractivity contribution in [2.24, 2.45) is 5.73 Å². The molecule has 2 rings (SSSR count). The summed E-state index contributed by atoms with van der Waals surface area (Å²) >= 11 is 0. The third-order valence-corrected chi connectivity index (χ3v) is 5.17. The van der Waals surface area contributed by atoms with Crippen molar-refractivity contribution >= 4 is 15.9 Å². The standard InChI is InChI=1S/C18H23N3O3S/c1-18(19,16-10-6-3-7-11-16)17(22)20-12-13-25(23,24)21-14-15-8-4-2-5-9-15/h2-11,21H,12-14,19H2,1H3,(H,20,22). The van der Waals surface area contributed by atoms with Gasteiger partial charge >= 0.3 is 0 Å². The van der Waals surface area contributed by atoms with E-state index in [0.29, 0.717) is 5.56 Å². The molecule has 0 saturated heterocycles. The summed E-state index contributed by atoms with van der Waals surface area (Å²) in [5.41, 5.74) is 6.40. The molecular weight excluding hydrogens is 338 g/mol. The third-order valence-electron chi connectivity index (χ3n) is 3.84. The van der Waals surface area contributed by atoms with Gasteiger partial charge in [-0.05, 0) is 18.1 Å². The molecule has 0 aliphatic heterocycles. The van der Waals surface area contributed by atoms with Crippen LogP contribution in [0, 0.1) is 0 Å². The molecule has 0 saturated carbocycles. The van der Waals surface area contributed by atoms with Crippen LogP contribution in [-0.4, -0.2) is 26.6 Å². The van der Waals surface area contributed by atoms with Crippen molar-refractivity contribution in [2.45, 2.75) is 19.0 Å². The Morgan fingerprint density at radius 2 is 1.60 bits per heavy atom. The maximum absolute atomic E-state index is 12.3. The van der Waals surface area contributed by atoms with Gasteiger partial charge in [-0.25, -0.2) is 13.1 Å². The second-order valence-corrected chi connectivity index (χ2v) is 7.88. The van der Waals surface area contributed by atoms with Gasteiger partial charge in [-0.1, -0.05) is 60.7 Å². The lowest BCUT2D eigenvalue weighted by molar-refractivity contribution is -0.125. The quantitative estimate of drug-likeness (QED) is 0.655. The first kappa shape index (κ1) is 19.1. The molecule has 0 fully saturated rings. The molecule has 0 radical (unpaired) electrons. The fourth-order valence-electron chi connectivity index (χ4n) is 2.26. The molecule has 25 heavy (non-hydrogen) atoms. The van der Waals surface area contributed by atoms with Crippen LogP contribution in [0.15, 0.2) is 60.7 Å². The predicted octanol–water partition coefficient (Wildman–Crippen LogP) is 1.10. The summed E-state index contributed by atoms with van der Waals surface area (Å²) < 4.78 is 26.5. The van der Waals surface area contributed by atoms with Crippen molar-refractivity contribution in [3.8, 4) is 0 Å². The van der Waals surface area contributed by atoms with Gasteiger partial charge in [0.1, 0.15) is 5.54 Å². The zero-order valence-corrected chi connectivity index (χ0v) is 14.9. The van der Waals surface area contributed by atoms with E-state index in [4.69, 9.17) is 5.73 Å². The SMILES string of the molecule is CC(N)(C(=O)NCCS(=O)(=O)NCc1ccccc1)c1ccccc1. The topological polar surface area (TPSA) is 101 Å². The normalized spacial score (nSPS) is 13.8. The average molecular weight is 361 g/mol. The van der Waals surface area contributed by atoms with Crippen molar-refractivity contribution < 1.29 is 13.2 Å². The molecule has 0 heterocycles. The van der Waals surface area contributed by atoms with Gasteiger partial charge in [-0.3, -0.25) is 4.79 Å². The number of benzene rings is 2. The number of carbonyl (C=O) groups excluding carboxylic acids is 1. The zero-order chi connectivity index (χ0) is 18.3. The fraction of sp³-hybridized carbons (Fsp3) is 0.278. The zero-order valence-electron chi connectivity index (χ0n) is 14.1. The summed E-state index contributed by atoms with van der Waals surface area (Å²) in [6.07, 6.45) is 0. The predicted molar refractivity (Wildman–Crippen MR) is 98.1 cm³/mol. The lowest BCUT2D eigenvalue weighted by Gasteiger charge is -2.24. The van der Waals surface area contributed by atoms with E-state index in [1.54, 1.807) is 31.2 Å². The van der Waals surface area contributed by atoms with Gasteiger partial charge in [0.05, 0.1) is 5.75 Å². The molecule has 0 aliphatic rings. The first-order chi connectivity index (χ1) is 11.8. The molecule has 6 nitrogen and oxygen atoms in total. The van der Waals surface area contributed by atoms with Crippen LogP contribution < -0.4 is 15.8 Å². The van der Waals surface area contributed by atoms with E-state index in [-0.39, 0.29) is 18.8 Å². The van der Waals surface area contributed by atoms with Crippen molar-refractivity contribution in [3.63, 3.8) is 0 Å². The van der Waals surface area contributed by atoms with E-state index < -0.39 is 21.5 Å². The molecule has 2 aromatic carbocycles. The minimum absolute atomic E-state index is 0.0113. The van der Waals surface area contributed by atoms with Gasteiger partial charge in [0.15, 0.2) is 0 Å². The van der Waals surface area contributed by atoms with Crippen LogP contribution in [0.2, 0.25) is 0 Å². The van der Waals surface area contributed by atoms with E-state index in [1.165, 1.54) is 0 Å². The van der Waals surface area contributed by atoms with Gasteiger partial charge in [0.2, 0.25) is 15.9 Å². The van der Waals surface area contributed by atoms with Crippen LogP contribution in [0.4, 0.5) is 0 Å². The van der Waals surface area contributed by atoms with Gasteiger partial charge in [-0.15, -0.1) is 0 Å². The molecule has 0 bridgehead atoms. The lowest BCUT2D eigenvalue weighted by Crippen LogP contribution is -2.50. The smallest absolute Gasteiger partial charge is 0.244 e.